The van der Waals surface area contributed by atoms with Crippen molar-refractivity contribution >= 4 is 11.6 Å². The van der Waals surface area contributed by atoms with Crippen LogP contribution < -0.4 is 10.1 Å². The standard InChI is InChI=1S/C22H21N3O3/c1-15-13-17(28-22-23-10-4-11-24-22)7-8-19(15)25-21(26)14-20-18-6-3-2-5-16(18)9-12-27-20/h2-8,10-11,13,20H,9,12,14H2,1H3,(H,25,26)/t20-/m0/s1. The Bertz CT molecular complexity index is 976. The number of rotatable bonds is 5. The van der Waals surface area contributed by atoms with E-state index in [0.29, 0.717) is 12.4 Å². The van der Waals surface area contributed by atoms with Crippen LogP contribution in [0.15, 0.2) is 60.9 Å². The molecule has 0 unspecified atom stereocenters. The van der Waals surface area contributed by atoms with Crippen molar-refractivity contribution in [3.8, 4) is 11.8 Å². The molecule has 0 fully saturated rings. The Balaban J connectivity index is 1.41. The van der Waals surface area contributed by atoms with Gasteiger partial charge < -0.3 is 14.8 Å². The minimum Gasteiger partial charge on any atom is -0.424 e. The third-order valence-corrected chi connectivity index (χ3v) is 4.69. The van der Waals surface area contributed by atoms with Gasteiger partial charge in [0.1, 0.15) is 5.75 Å². The lowest BCUT2D eigenvalue weighted by Crippen LogP contribution is -2.22. The SMILES string of the molecule is Cc1cc(Oc2ncccn2)ccc1NC(=O)C[C@@H]1OCCc2ccccc21. The van der Waals surface area contributed by atoms with Gasteiger partial charge in [0, 0.05) is 18.1 Å². The number of amides is 1. The number of aryl methyl sites for hydroxylation is 1. The fourth-order valence-electron chi connectivity index (χ4n) is 3.30. The predicted molar refractivity (Wildman–Crippen MR) is 105 cm³/mol. The fraction of sp³-hybridized carbons (Fsp3) is 0.227. The quantitative estimate of drug-likeness (QED) is 0.723. The van der Waals surface area contributed by atoms with E-state index in [1.807, 2.05) is 37.3 Å². The summed E-state index contributed by atoms with van der Waals surface area (Å²) in [6.45, 7) is 2.56. The van der Waals surface area contributed by atoms with Gasteiger partial charge in [0.25, 0.3) is 0 Å². The van der Waals surface area contributed by atoms with Gasteiger partial charge in [0.15, 0.2) is 0 Å². The van der Waals surface area contributed by atoms with Gasteiger partial charge in [-0.05, 0) is 54.3 Å². The van der Waals surface area contributed by atoms with E-state index in [9.17, 15) is 4.79 Å². The smallest absolute Gasteiger partial charge is 0.321 e. The number of anilines is 1. The Morgan fingerprint density at radius 1 is 1.18 bits per heavy atom. The van der Waals surface area contributed by atoms with Crippen LogP contribution >= 0.6 is 0 Å². The van der Waals surface area contributed by atoms with Crippen LogP contribution in [0.1, 0.15) is 29.2 Å². The molecule has 1 aromatic heterocycles. The highest BCUT2D eigenvalue weighted by molar-refractivity contribution is 5.92. The first-order valence-corrected chi connectivity index (χ1v) is 9.24. The number of hydrogen-bond acceptors (Lipinski definition) is 5. The average molecular weight is 375 g/mol. The van der Waals surface area contributed by atoms with Gasteiger partial charge in [-0.1, -0.05) is 24.3 Å². The molecule has 28 heavy (non-hydrogen) atoms. The number of nitrogens with zero attached hydrogens (tertiary/aromatic N) is 2. The van der Waals surface area contributed by atoms with Crippen molar-refractivity contribution in [1.29, 1.82) is 0 Å². The Morgan fingerprint density at radius 2 is 2.00 bits per heavy atom. The Labute approximate surface area is 163 Å². The molecule has 0 spiro atoms. The second-order valence-electron chi connectivity index (χ2n) is 6.67. The molecule has 0 radical (unpaired) electrons. The molecule has 142 valence electrons. The van der Waals surface area contributed by atoms with Gasteiger partial charge in [0.2, 0.25) is 5.91 Å². The van der Waals surface area contributed by atoms with Crippen LogP contribution in [0.2, 0.25) is 0 Å². The number of aromatic nitrogens is 2. The van der Waals surface area contributed by atoms with Crippen molar-refractivity contribution in [2.75, 3.05) is 11.9 Å². The summed E-state index contributed by atoms with van der Waals surface area (Å²) in [5.41, 5.74) is 4.00. The van der Waals surface area contributed by atoms with Crippen molar-refractivity contribution in [3.05, 3.63) is 77.6 Å². The molecule has 2 aromatic carbocycles. The molecule has 0 saturated heterocycles. The molecular weight excluding hydrogens is 354 g/mol. The third-order valence-electron chi connectivity index (χ3n) is 4.69. The maximum atomic E-state index is 12.6. The number of carbonyl (C=O) groups excluding carboxylic acids is 1. The Morgan fingerprint density at radius 3 is 2.82 bits per heavy atom. The van der Waals surface area contributed by atoms with E-state index >= 15 is 0 Å². The lowest BCUT2D eigenvalue weighted by atomic mass is 9.95. The molecule has 3 aromatic rings. The van der Waals surface area contributed by atoms with Gasteiger partial charge in [-0.3, -0.25) is 4.79 Å². The third kappa shape index (κ3) is 4.18. The second-order valence-corrected chi connectivity index (χ2v) is 6.67. The van der Waals surface area contributed by atoms with E-state index in [-0.39, 0.29) is 24.4 Å². The first kappa shape index (κ1) is 18.1. The van der Waals surface area contributed by atoms with Gasteiger partial charge in [-0.15, -0.1) is 0 Å². The molecule has 1 N–H and O–H groups in total. The van der Waals surface area contributed by atoms with E-state index in [1.54, 1.807) is 24.5 Å². The van der Waals surface area contributed by atoms with Crippen LogP contribution in [-0.4, -0.2) is 22.5 Å². The normalized spacial score (nSPS) is 15.5. The summed E-state index contributed by atoms with van der Waals surface area (Å²) >= 11 is 0. The average Bonchev–Trinajstić information content (AvgIpc) is 2.71. The van der Waals surface area contributed by atoms with Gasteiger partial charge >= 0.3 is 6.01 Å². The highest BCUT2D eigenvalue weighted by atomic mass is 16.5. The van der Waals surface area contributed by atoms with Gasteiger partial charge in [-0.2, -0.15) is 0 Å². The zero-order valence-electron chi connectivity index (χ0n) is 15.6. The van der Waals surface area contributed by atoms with E-state index in [1.165, 1.54) is 5.56 Å². The van der Waals surface area contributed by atoms with Crippen LogP contribution in [-0.2, 0) is 16.0 Å². The highest BCUT2D eigenvalue weighted by Gasteiger charge is 2.23. The Hall–Kier alpha value is -3.25. The first-order chi connectivity index (χ1) is 13.7. The van der Waals surface area contributed by atoms with Crippen LogP contribution in [0.25, 0.3) is 0 Å². The summed E-state index contributed by atoms with van der Waals surface area (Å²) in [5.74, 6) is 0.538. The number of benzene rings is 2. The molecule has 6 heteroatoms. The minimum absolute atomic E-state index is 0.0788. The van der Waals surface area contributed by atoms with Crippen LogP contribution in [0.3, 0.4) is 0 Å². The molecule has 4 rings (SSSR count). The maximum Gasteiger partial charge on any atom is 0.321 e. The number of carbonyl (C=O) groups is 1. The summed E-state index contributed by atoms with van der Waals surface area (Å²) in [5, 5.41) is 2.97. The number of ether oxygens (including phenoxy) is 2. The van der Waals surface area contributed by atoms with E-state index in [2.05, 4.69) is 21.4 Å². The molecule has 0 aliphatic carbocycles. The second kappa shape index (κ2) is 8.19. The summed E-state index contributed by atoms with van der Waals surface area (Å²) < 4.78 is 11.5. The molecule has 1 amide bonds. The monoisotopic (exact) mass is 375 g/mol. The van der Waals surface area contributed by atoms with Gasteiger partial charge in [-0.25, -0.2) is 9.97 Å². The number of hydrogen-bond donors (Lipinski definition) is 1. The van der Waals surface area contributed by atoms with Crippen molar-refractivity contribution < 1.29 is 14.3 Å². The predicted octanol–water partition coefficient (Wildman–Crippen LogP) is 4.22. The molecule has 1 aliphatic heterocycles. The van der Waals surface area contributed by atoms with E-state index in [0.717, 1.165) is 23.2 Å². The summed E-state index contributed by atoms with van der Waals surface area (Å²) in [6, 6.07) is 15.6. The minimum atomic E-state index is -0.205. The topological polar surface area (TPSA) is 73.3 Å². The largest absolute Gasteiger partial charge is 0.424 e. The van der Waals surface area contributed by atoms with Crippen molar-refractivity contribution in [2.24, 2.45) is 0 Å². The molecular formula is C22H21N3O3. The summed E-state index contributed by atoms with van der Waals surface area (Å²) in [6.07, 6.45) is 4.21. The van der Waals surface area contributed by atoms with E-state index in [4.69, 9.17) is 9.47 Å². The highest BCUT2D eigenvalue weighted by Crippen LogP contribution is 2.30. The molecule has 0 bridgehead atoms. The number of fused-ring (bicyclic) bond motifs is 1. The molecule has 6 nitrogen and oxygen atoms in total. The molecule has 0 saturated carbocycles. The van der Waals surface area contributed by atoms with Crippen molar-refractivity contribution in [2.45, 2.75) is 25.9 Å². The van der Waals surface area contributed by atoms with Crippen molar-refractivity contribution in [3.63, 3.8) is 0 Å². The zero-order chi connectivity index (χ0) is 19.3. The maximum absolute atomic E-state index is 12.6. The fourth-order valence-corrected chi connectivity index (χ4v) is 3.30. The van der Waals surface area contributed by atoms with E-state index < -0.39 is 0 Å². The lowest BCUT2D eigenvalue weighted by molar-refractivity contribution is -0.119. The van der Waals surface area contributed by atoms with Crippen molar-refractivity contribution in [1.82, 2.24) is 9.97 Å². The number of nitrogens with one attached hydrogen (secondary N) is 1. The summed E-state index contributed by atoms with van der Waals surface area (Å²) in [4.78, 5) is 20.7. The van der Waals surface area contributed by atoms with Gasteiger partial charge in [0.05, 0.1) is 19.1 Å². The molecule has 2 heterocycles. The summed E-state index contributed by atoms with van der Waals surface area (Å²) in [7, 11) is 0. The lowest BCUT2D eigenvalue weighted by Gasteiger charge is -2.25. The molecule has 1 aliphatic rings. The molecule has 1 atom stereocenters. The van der Waals surface area contributed by atoms with Crippen LogP contribution in [0.4, 0.5) is 5.69 Å². The Kier molecular flexibility index (Phi) is 5.30. The zero-order valence-corrected chi connectivity index (χ0v) is 15.6. The van der Waals surface area contributed by atoms with Crippen LogP contribution in [0, 0.1) is 6.92 Å². The first-order valence-electron chi connectivity index (χ1n) is 9.24. The van der Waals surface area contributed by atoms with Crippen LogP contribution in [0.5, 0.6) is 11.8 Å².